The Balaban J connectivity index is 1.33. The second-order valence-electron chi connectivity index (χ2n) is 9.73. The van der Waals surface area contributed by atoms with Crippen LogP contribution >= 0.6 is 0 Å². The topological polar surface area (TPSA) is 9.23 Å². The zero-order chi connectivity index (χ0) is 21.8. The summed E-state index contributed by atoms with van der Waals surface area (Å²) in [6.45, 7) is 6.04. The Morgan fingerprint density at radius 3 is 2.16 bits per heavy atom. The van der Waals surface area contributed by atoms with Crippen LogP contribution in [0.3, 0.4) is 0 Å². The van der Waals surface area contributed by atoms with Gasteiger partial charge in [0.2, 0.25) is 5.82 Å². The Morgan fingerprint density at radius 2 is 1.55 bits per heavy atom. The summed E-state index contributed by atoms with van der Waals surface area (Å²) < 4.78 is 34.2. The van der Waals surface area contributed by atoms with E-state index in [4.69, 9.17) is 4.74 Å². The third-order valence-electron chi connectivity index (χ3n) is 7.84. The van der Waals surface area contributed by atoms with E-state index in [0.29, 0.717) is 23.3 Å². The smallest absolute Gasteiger partial charge is 0.201 e. The molecule has 4 rings (SSSR count). The van der Waals surface area contributed by atoms with E-state index < -0.39 is 11.6 Å². The number of rotatable bonds is 7. The van der Waals surface area contributed by atoms with Crippen molar-refractivity contribution in [2.75, 3.05) is 6.61 Å². The first-order valence-corrected chi connectivity index (χ1v) is 12.3. The molecule has 0 bridgehead atoms. The molecule has 0 heterocycles. The fraction of sp³-hybridized carbons (Fsp3) is 0.571. The minimum atomic E-state index is -0.877. The molecule has 2 aromatic carbocycles. The molecular formula is C28H36F2O. The van der Waals surface area contributed by atoms with Crippen LogP contribution < -0.4 is 4.74 Å². The van der Waals surface area contributed by atoms with Crippen LogP contribution in [0.1, 0.15) is 82.6 Å². The number of allylic oxidation sites excluding steroid dienone is 1. The van der Waals surface area contributed by atoms with Crippen LogP contribution in [0.25, 0.3) is 10.8 Å². The average Bonchev–Trinajstić information content (AvgIpc) is 2.82. The highest BCUT2D eigenvalue weighted by molar-refractivity contribution is 5.85. The predicted octanol–water partition coefficient (Wildman–Crippen LogP) is 8.56. The van der Waals surface area contributed by atoms with Crippen LogP contribution in [0, 0.1) is 29.4 Å². The van der Waals surface area contributed by atoms with Gasteiger partial charge in [0, 0.05) is 5.39 Å². The van der Waals surface area contributed by atoms with Crippen LogP contribution in [-0.4, -0.2) is 6.61 Å². The first kappa shape index (κ1) is 22.3. The lowest BCUT2D eigenvalue weighted by Crippen LogP contribution is -2.17. The Morgan fingerprint density at radius 1 is 0.903 bits per heavy atom. The summed E-state index contributed by atoms with van der Waals surface area (Å²) in [6, 6.07) is 7.49. The molecule has 168 valence electrons. The molecule has 3 heteroatoms. The van der Waals surface area contributed by atoms with Crippen molar-refractivity contribution in [2.45, 2.75) is 77.0 Å². The van der Waals surface area contributed by atoms with Crippen LogP contribution in [0.4, 0.5) is 8.78 Å². The van der Waals surface area contributed by atoms with Gasteiger partial charge in [0.05, 0.1) is 6.61 Å². The third kappa shape index (κ3) is 5.13. The van der Waals surface area contributed by atoms with Gasteiger partial charge in [0.15, 0.2) is 11.6 Å². The van der Waals surface area contributed by atoms with Gasteiger partial charge in [-0.1, -0.05) is 31.1 Å². The second kappa shape index (κ2) is 10.1. The molecule has 0 saturated heterocycles. The maximum atomic E-state index is 14.7. The number of halogens is 2. The Kier molecular flexibility index (Phi) is 7.30. The predicted molar refractivity (Wildman–Crippen MR) is 125 cm³/mol. The van der Waals surface area contributed by atoms with Crippen molar-refractivity contribution in [3.05, 3.63) is 54.1 Å². The van der Waals surface area contributed by atoms with Gasteiger partial charge in [-0.15, -0.1) is 6.58 Å². The Hall–Kier alpha value is -1.90. The van der Waals surface area contributed by atoms with E-state index in [1.807, 2.05) is 12.1 Å². The van der Waals surface area contributed by atoms with Gasteiger partial charge >= 0.3 is 0 Å². The normalized spacial score (nSPS) is 26.7. The lowest BCUT2D eigenvalue weighted by Gasteiger charge is -2.31. The largest absolute Gasteiger partial charge is 0.491 e. The lowest BCUT2D eigenvalue weighted by molar-refractivity contribution is 0.246. The van der Waals surface area contributed by atoms with Crippen molar-refractivity contribution in [2.24, 2.45) is 17.8 Å². The lowest BCUT2D eigenvalue weighted by atomic mass is 9.74. The standard InChI is InChI=1S/C28H36F2O/c1-3-19-5-7-20(8-6-19)9-10-21-11-13-22(14-12-21)23-15-16-24-18-26(31-4-2)28(30)27(29)25(24)17-23/h3,15-22H,1,4-14H2,2H3. The molecule has 0 radical (unpaired) electrons. The molecule has 0 aromatic heterocycles. The number of benzene rings is 2. The maximum Gasteiger partial charge on any atom is 0.201 e. The van der Waals surface area contributed by atoms with E-state index in [1.54, 1.807) is 13.0 Å². The fourth-order valence-corrected chi connectivity index (χ4v) is 5.80. The third-order valence-corrected chi connectivity index (χ3v) is 7.84. The molecule has 0 spiro atoms. The minimum absolute atomic E-state index is 0.00117. The van der Waals surface area contributed by atoms with Gasteiger partial charge in [0.1, 0.15) is 0 Å². The average molecular weight is 427 g/mol. The van der Waals surface area contributed by atoms with Crippen molar-refractivity contribution in [3.8, 4) is 5.75 Å². The molecule has 1 nitrogen and oxygen atoms in total. The van der Waals surface area contributed by atoms with Crippen LogP contribution in [0.5, 0.6) is 5.75 Å². The van der Waals surface area contributed by atoms with Crippen molar-refractivity contribution in [1.82, 2.24) is 0 Å². The molecule has 0 N–H and O–H groups in total. The summed E-state index contributed by atoms with van der Waals surface area (Å²) in [5.41, 5.74) is 1.15. The molecule has 0 amide bonds. The Bertz CT molecular complexity index is 890. The summed E-state index contributed by atoms with van der Waals surface area (Å²) in [5.74, 6) is 1.28. The molecule has 2 aliphatic rings. The van der Waals surface area contributed by atoms with E-state index >= 15 is 0 Å². The van der Waals surface area contributed by atoms with Crippen molar-refractivity contribution in [3.63, 3.8) is 0 Å². The second-order valence-corrected chi connectivity index (χ2v) is 9.73. The SMILES string of the molecule is C=CC1CCC(CCC2CCC(c3ccc4cc(OCC)c(F)c(F)c4c3)CC2)CC1. The van der Waals surface area contributed by atoms with E-state index in [9.17, 15) is 8.78 Å². The van der Waals surface area contributed by atoms with Gasteiger partial charge < -0.3 is 4.74 Å². The first-order valence-electron chi connectivity index (χ1n) is 12.3. The molecular weight excluding hydrogens is 390 g/mol. The maximum absolute atomic E-state index is 14.7. The van der Waals surface area contributed by atoms with E-state index in [0.717, 1.165) is 36.2 Å². The first-order chi connectivity index (χ1) is 15.1. The zero-order valence-corrected chi connectivity index (χ0v) is 18.8. The van der Waals surface area contributed by atoms with Gasteiger partial charge in [-0.2, -0.15) is 4.39 Å². The fourth-order valence-electron chi connectivity index (χ4n) is 5.80. The van der Waals surface area contributed by atoms with Gasteiger partial charge in [-0.05, 0) is 105 Å². The quantitative estimate of drug-likeness (QED) is 0.403. The van der Waals surface area contributed by atoms with Crippen LogP contribution in [0.15, 0.2) is 36.9 Å². The highest BCUT2D eigenvalue weighted by Gasteiger charge is 2.25. The molecule has 31 heavy (non-hydrogen) atoms. The number of fused-ring (bicyclic) bond motifs is 1. The number of ether oxygens (including phenoxy) is 1. The monoisotopic (exact) mass is 426 g/mol. The van der Waals surface area contributed by atoms with Gasteiger partial charge in [-0.25, -0.2) is 4.39 Å². The van der Waals surface area contributed by atoms with Gasteiger partial charge in [0.25, 0.3) is 0 Å². The summed E-state index contributed by atoms with van der Waals surface area (Å²) in [6.07, 6.45) is 15.1. The number of hydrogen-bond acceptors (Lipinski definition) is 1. The van der Waals surface area contributed by atoms with Crippen molar-refractivity contribution < 1.29 is 13.5 Å². The zero-order valence-electron chi connectivity index (χ0n) is 18.8. The summed E-state index contributed by atoms with van der Waals surface area (Å²) in [5, 5.41) is 1.07. The van der Waals surface area contributed by atoms with Crippen LogP contribution in [0.2, 0.25) is 0 Å². The summed E-state index contributed by atoms with van der Waals surface area (Å²) >= 11 is 0. The van der Waals surface area contributed by atoms with Gasteiger partial charge in [-0.3, -0.25) is 0 Å². The molecule has 2 aliphatic carbocycles. The molecule has 2 saturated carbocycles. The van der Waals surface area contributed by atoms with E-state index in [-0.39, 0.29) is 5.75 Å². The molecule has 2 fully saturated rings. The number of hydrogen-bond donors (Lipinski definition) is 0. The molecule has 2 aromatic rings. The van der Waals surface area contributed by atoms with Crippen molar-refractivity contribution in [1.29, 1.82) is 0 Å². The van der Waals surface area contributed by atoms with E-state index in [2.05, 4.69) is 18.7 Å². The molecule has 0 aliphatic heterocycles. The molecule has 0 unspecified atom stereocenters. The Labute approximate surface area is 185 Å². The molecule has 0 atom stereocenters. The summed E-state index contributed by atoms with van der Waals surface area (Å²) in [4.78, 5) is 0. The van der Waals surface area contributed by atoms with Crippen molar-refractivity contribution >= 4 is 10.8 Å². The minimum Gasteiger partial charge on any atom is -0.491 e. The highest BCUT2D eigenvalue weighted by atomic mass is 19.2. The van der Waals surface area contributed by atoms with Crippen LogP contribution in [-0.2, 0) is 0 Å². The summed E-state index contributed by atoms with van der Waals surface area (Å²) in [7, 11) is 0. The highest BCUT2D eigenvalue weighted by Crippen LogP contribution is 2.41. The van der Waals surface area contributed by atoms with E-state index in [1.165, 1.54) is 51.4 Å².